The molecule has 0 radical (unpaired) electrons. The van der Waals surface area contributed by atoms with E-state index < -0.39 is 0 Å². The largest absolute Gasteiger partial charge is 0.343 e. The van der Waals surface area contributed by atoms with Crippen molar-refractivity contribution in [1.82, 2.24) is 4.57 Å². The molecule has 4 heteroatoms. The number of aromatic nitrogens is 1. The lowest BCUT2D eigenvalue weighted by Gasteiger charge is -2.08. The number of benzene rings is 2. The molecular formula is C17H16ClFN2. The quantitative estimate of drug-likeness (QED) is 0.776. The lowest BCUT2D eigenvalue weighted by Crippen LogP contribution is -2.03. The van der Waals surface area contributed by atoms with Crippen LogP contribution >= 0.6 is 11.6 Å². The maximum absolute atomic E-state index is 13.9. The number of rotatable bonds is 4. The second-order valence-electron chi connectivity index (χ2n) is 5.11. The van der Waals surface area contributed by atoms with Crippen LogP contribution in [0.1, 0.15) is 11.1 Å². The molecule has 2 aromatic carbocycles. The van der Waals surface area contributed by atoms with E-state index in [1.807, 2.05) is 16.8 Å². The topological polar surface area (TPSA) is 30.9 Å². The van der Waals surface area contributed by atoms with Crippen LogP contribution < -0.4 is 5.73 Å². The zero-order valence-electron chi connectivity index (χ0n) is 11.5. The second-order valence-corrected chi connectivity index (χ2v) is 5.55. The summed E-state index contributed by atoms with van der Waals surface area (Å²) in [6.07, 6.45) is 2.82. The highest BCUT2D eigenvalue weighted by Gasteiger charge is 2.07. The average molecular weight is 303 g/mol. The highest BCUT2D eigenvalue weighted by molar-refractivity contribution is 6.30. The summed E-state index contributed by atoms with van der Waals surface area (Å²) in [7, 11) is 0. The molecule has 2 nitrogen and oxygen atoms in total. The first-order valence-electron chi connectivity index (χ1n) is 6.89. The zero-order valence-corrected chi connectivity index (χ0v) is 12.3. The Kier molecular flexibility index (Phi) is 3.95. The number of fused-ring (bicyclic) bond motifs is 1. The molecule has 1 aromatic heterocycles. The SMILES string of the molecule is NCCc1ccc2ccn(Cc3ccc(Cl)cc3F)c2c1. The third-order valence-corrected chi connectivity index (χ3v) is 3.86. The second kappa shape index (κ2) is 5.88. The van der Waals surface area contributed by atoms with Crippen LogP contribution in [0.15, 0.2) is 48.7 Å². The summed E-state index contributed by atoms with van der Waals surface area (Å²) < 4.78 is 16.0. The van der Waals surface area contributed by atoms with Crippen molar-refractivity contribution in [2.24, 2.45) is 5.73 Å². The molecule has 0 saturated heterocycles. The summed E-state index contributed by atoms with van der Waals surface area (Å²) in [5, 5.41) is 1.56. The van der Waals surface area contributed by atoms with E-state index in [0.717, 1.165) is 17.3 Å². The first-order chi connectivity index (χ1) is 10.2. The van der Waals surface area contributed by atoms with Gasteiger partial charge in [-0.05, 0) is 48.2 Å². The highest BCUT2D eigenvalue weighted by Crippen LogP contribution is 2.21. The number of hydrogen-bond donors (Lipinski definition) is 1. The van der Waals surface area contributed by atoms with E-state index in [1.165, 1.54) is 11.6 Å². The van der Waals surface area contributed by atoms with Crippen molar-refractivity contribution in [2.75, 3.05) is 6.54 Å². The average Bonchev–Trinajstić information content (AvgIpc) is 2.85. The van der Waals surface area contributed by atoms with Crippen LogP contribution in [0.4, 0.5) is 4.39 Å². The normalized spacial score (nSPS) is 11.2. The monoisotopic (exact) mass is 302 g/mol. The first kappa shape index (κ1) is 14.1. The maximum atomic E-state index is 13.9. The van der Waals surface area contributed by atoms with Gasteiger partial charge in [-0.1, -0.05) is 29.8 Å². The molecule has 0 aliphatic carbocycles. The van der Waals surface area contributed by atoms with Gasteiger partial charge in [0.25, 0.3) is 0 Å². The van der Waals surface area contributed by atoms with Crippen LogP contribution in [0.5, 0.6) is 0 Å². The molecule has 3 aromatic rings. The van der Waals surface area contributed by atoms with Crippen molar-refractivity contribution in [3.63, 3.8) is 0 Å². The molecule has 0 fully saturated rings. The minimum atomic E-state index is -0.275. The van der Waals surface area contributed by atoms with Gasteiger partial charge in [-0.25, -0.2) is 4.39 Å². The van der Waals surface area contributed by atoms with Crippen molar-refractivity contribution in [1.29, 1.82) is 0 Å². The predicted molar refractivity (Wildman–Crippen MR) is 85.2 cm³/mol. The van der Waals surface area contributed by atoms with Gasteiger partial charge in [-0.15, -0.1) is 0 Å². The Balaban J connectivity index is 1.98. The van der Waals surface area contributed by atoms with Gasteiger partial charge in [-0.2, -0.15) is 0 Å². The molecule has 3 rings (SSSR count). The maximum Gasteiger partial charge on any atom is 0.129 e. The van der Waals surface area contributed by atoms with E-state index in [0.29, 0.717) is 23.7 Å². The smallest absolute Gasteiger partial charge is 0.129 e. The van der Waals surface area contributed by atoms with Gasteiger partial charge in [0, 0.05) is 22.3 Å². The van der Waals surface area contributed by atoms with Crippen LogP contribution in [-0.4, -0.2) is 11.1 Å². The van der Waals surface area contributed by atoms with Gasteiger partial charge in [0.2, 0.25) is 0 Å². The van der Waals surface area contributed by atoms with Gasteiger partial charge in [0.05, 0.1) is 6.54 Å². The number of halogens is 2. The summed E-state index contributed by atoms with van der Waals surface area (Å²) >= 11 is 5.79. The van der Waals surface area contributed by atoms with Crippen LogP contribution in [-0.2, 0) is 13.0 Å². The van der Waals surface area contributed by atoms with Gasteiger partial charge in [0.1, 0.15) is 5.82 Å². The van der Waals surface area contributed by atoms with E-state index >= 15 is 0 Å². The van der Waals surface area contributed by atoms with Crippen LogP contribution in [0.2, 0.25) is 5.02 Å². The number of nitrogens with two attached hydrogens (primary N) is 1. The van der Waals surface area contributed by atoms with Crippen LogP contribution in [0.3, 0.4) is 0 Å². The lowest BCUT2D eigenvalue weighted by molar-refractivity contribution is 0.602. The number of nitrogens with zero attached hydrogens (tertiary/aromatic N) is 1. The van der Waals surface area contributed by atoms with Crippen molar-refractivity contribution >= 4 is 22.5 Å². The fourth-order valence-corrected chi connectivity index (χ4v) is 2.68. The molecule has 0 unspecified atom stereocenters. The molecule has 0 atom stereocenters. The fraction of sp³-hybridized carbons (Fsp3) is 0.176. The van der Waals surface area contributed by atoms with Crippen molar-refractivity contribution in [3.05, 3.63) is 70.6 Å². The molecule has 108 valence electrons. The van der Waals surface area contributed by atoms with Gasteiger partial charge >= 0.3 is 0 Å². The molecule has 0 spiro atoms. The molecule has 21 heavy (non-hydrogen) atoms. The third kappa shape index (κ3) is 2.94. The van der Waals surface area contributed by atoms with E-state index in [-0.39, 0.29) is 5.82 Å². The van der Waals surface area contributed by atoms with Crippen molar-refractivity contribution in [2.45, 2.75) is 13.0 Å². The van der Waals surface area contributed by atoms with Crippen molar-refractivity contribution < 1.29 is 4.39 Å². The zero-order chi connectivity index (χ0) is 14.8. The Labute approximate surface area is 127 Å². The molecule has 0 bridgehead atoms. The minimum absolute atomic E-state index is 0.275. The number of hydrogen-bond acceptors (Lipinski definition) is 1. The van der Waals surface area contributed by atoms with E-state index in [9.17, 15) is 4.39 Å². The molecule has 2 N–H and O–H groups in total. The minimum Gasteiger partial charge on any atom is -0.343 e. The van der Waals surface area contributed by atoms with Gasteiger partial charge < -0.3 is 10.3 Å². The lowest BCUT2D eigenvalue weighted by atomic mass is 10.1. The Hall–Kier alpha value is -1.84. The first-order valence-corrected chi connectivity index (χ1v) is 7.27. The summed E-state index contributed by atoms with van der Waals surface area (Å²) in [4.78, 5) is 0. The molecule has 1 heterocycles. The summed E-state index contributed by atoms with van der Waals surface area (Å²) in [5.74, 6) is -0.275. The van der Waals surface area contributed by atoms with Crippen molar-refractivity contribution in [3.8, 4) is 0 Å². The molecule has 0 aliphatic rings. The standard InChI is InChI=1S/C17H16ClFN2/c18-15-4-3-14(16(19)10-15)11-21-8-6-13-2-1-12(5-7-20)9-17(13)21/h1-4,6,8-10H,5,7,11,20H2. The summed E-state index contributed by atoms with van der Waals surface area (Å²) in [6.45, 7) is 1.11. The van der Waals surface area contributed by atoms with E-state index in [2.05, 4.69) is 18.2 Å². The Morgan fingerprint density at radius 3 is 2.71 bits per heavy atom. The van der Waals surface area contributed by atoms with Crippen LogP contribution in [0, 0.1) is 5.82 Å². The van der Waals surface area contributed by atoms with E-state index in [4.69, 9.17) is 17.3 Å². The predicted octanol–water partition coefficient (Wildman–Crippen LogP) is 3.98. The molecule has 0 aliphatic heterocycles. The third-order valence-electron chi connectivity index (χ3n) is 3.63. The fourth-order valence-electron chi connectivity index (χ4n) is 2.52. The van der Waals surface area contributed by atoms with E-state index in [1.54, 1.807) is 12.1 Å². The van der Waals surface area contributed by atoms with Gasteiger partial charge in [0.15, 0.2) is 0 Å². The van der Waals surface area contributed by atoms with Crippen LogP contribution in [0.25, 0.3) is 10.9 Å². The Morgan fingerprint density at radius 1 is 1.10 bits per heavy atom. The van der Waals surface area contributed by atoms with Gasteiger partial charge in [-0.3, -0.25) is 0 Å². The summed E-state index contributed by atoms with van der Waals surface area (Å²) in [5.41, 5.74) is 8.52. The molecule has 0 amide bonds. The Bertz CT molecular complexity index is 780. The molecular weight excluding hydrogens is 287 g/mol. The Morgan fingerprint density at radius 2 is 1.95 bits per heavy atom. The highest BCUT2D eigenvalue weighted by atomic mass is 35.5. The molecule has 0 saturated carbocycles. The summed E-state index contributed by atoms with van der Waals surface area (Å²) in [6, 6.07) is 13.1.